The van der Waals surface area contributed by atoms with Crippen LogP contribution in [-0.2, 0) is 4.79 Å². The average Bonchev–Trinajstić information content (AvgIpc) is 2.29. The first-order valence-corrected chi connectivity index (χ1v) is 6.17. The summed E-state index contributed by atoms with van der Waals surface area (Å²) >= 11 is 0. The zero-order valence-corrected chi connectivity index (χ0v) is 11.2. The maximum atomic E-state index is 11.7. The lowest BCUT2D eigenvalue weighted by Crippen LogP contribution is -2.43. The van der Waals surface area contributed by atoms with Crippen molar-refractivity contribution < 1.29 is 14.7 Å². The zero-order valence-electron chi connectivity index (χ0n) is 11.2. The topological polar surface area (TPSA) is 69.6 Å². The van der Waals surface area contributed by atoms with E-state index in [1.807, 2.05) is 13.8 Å². The number of hydrogen-bond donors (Lipinski definition) is 2. The molecule has 2 amide bonds. The van der Waals surface area contributed by atoms with E-state index in [1.165, 1.54) is 0 Å². The first kappa shape index (κ1) is 15.7. The predicted molar refractivity (Wildman–Crippen MR) is 66.9 cm³/mol. The molecule has 2 N–H and O–H groups in total. The van der Waals surface area contributed by atoms with Gasteiger partial charge in [-0.2, -0.15) is 0 Å². The van der Waals surface area contributed by atoms with Crippen LogP contribution in [0, 0.1) is 5.92 Å². The van der Waals surface area contributed by atoms with Crippen molar-refractivity contribution in [2.24, 2.45) is 5.92 Å². The standard InChI is InChI=1S/C12H24N2O3/c1-5-10(6-2)14(4)12(17)13-8-7-9(3)11(15)16/h9-10H,5-8H2,1-4H3,(H,13,17)(H,15,16). The Morgan fingerprint density at radius 1 is 1.29 bits per heavy atom. The summed E-state index contributed by atoms with van der Waals surface area (Å²) in [7, 11) is 1.77. The van der Waals surface area contributed by atoms with Crippen molar-refractivity contribution in [3.05, 3.63) is 0 Å². The molecule has 5 heteroatoms. The third-order valence-corrected chi connectivity index (χ3v) is 3.09. The van der Waals surface area contributed by atoms with E-state index in [9.17, 15) is 9.59 Å². The number of amides is 2. The minimum Gasteiger partial charge on any atom is -0.481 e. The van der Waals surface area contributed by atoms with Gasteiger partial charge < -0.3 is 15.3 Å². The molecular weight excluding hydrogens is 220 g/mol. The molecule has 0 aromatic heterocycles. The van der Waals surface area contributed by atoms with Crippen LogP contribution in [0.4, 0.5) is 4.79 Å². The van der Waals surface area contributed by atoms with E-state index in [2.05, 4.69) is 5.32 Å². The number of nitrogens with one attached hydrogen (secondary N) is 1. The molecule has 1 unspecified atom stereocenters. The Morgan fingerprint density at radius 2 is 1.82 bits per heavy atom. The fraction of sp³-hybridized carbons (Fsp3) is 0.833. The van der Waals surface area contributed by atoms with Gasteiger partial charge in [0, 0.05) is 19.6 Å². The van der Waals surface area contributed by atoms with Gasteiger partial charge >= 0.3 is 12.0 Å². The van der Waals surface area contributed by atoms with Gasteiger partial charge in [-0.3, -0.25) is 4.79 Å². The SMILES string of the molecule is CCC(CC)N(C)C(=O)NCCC(C)C(=O)O. The molecule has 100 valence electrons. The Balaban J connectivity index is 3.97. The van der Waals surface area contributed by atoms with Crippen LogP contribution in [0.25, 0.3) is 0 Å². The quantitative estimate of drug-likeness (QED) is 0.719. The molecule has 0 fully saturated rings. The second-order valence-corrected chi connectivity index (χ2v) is 4.34. The molecular formula is C12H24N2O3. The molecule has 0 aromatic carbocycles. The fourth-order valence-electron chi connectivity index (χ4n) is 1.65. The lowest BCUT2D eigenvalue weighted by molar-refractivity contribution is -0.141. The molecule has 1 atom stereocenters. The van der Waals surface area contributed by atoms with Crippen LogP contribution in [0.3, 0.4) is 0 Å². The highest BCUT2D eigenvalue weighted by atomic mass is 16.4. The molecule has 0 saturated carbocycles. The number of rotatable bonds is 7. The van der Waals surface area contributed by atoms with Crippen LogP contribution in [0.5, 0.6) is 0 Å². The van der Waals surface area contributed by atoms with E-state index < -0.39 is 11.9 Å². The van der Waals surface area contributed by atoms with Crippen LogP contribution in [0.15, 0.2) is 0 Å². The van der Waals surface area contributed by atoms with Gasteiger partial charge in [-0.15, -0.1) is 0 Å². The number of aliphatic carboxylic acids is 1. The summed E-state index contributed by atoms with van der Waals surface area (Å²) in [6.07, 6.45) is 2.30. The minimum absolute atomic E-state index is 0.128. The predicted octanol–water partition coefficient (Wildman–Crippen LogP) is 1.93. The maximum Gasteiger partial charge on any atom is 0.317 e. The summed E-state index contributed by atoms with van der Waals surface area (Å²) in [5, 5.41) is 11.4. The second kappa shape index (κ2) is 7.92. The summed E-state index contributed by atoms with van der Waals surface area (Å²) in [6.45, 7) is 6.13. The van der Waals surface area contributed by atoms with Crippen LogP contribution < -0.4 is 5.32 Å². The van der Waals surface area contributed by atoms with E-state index in [1.54, 1.807) is 18.9 Å². The van der Waals surface area contributed by atoms with Gasteiger partial charge in [0.15, 0.2) is 0 Å². The summed E-state index contributed by atoms with van der Waals surface area (Å²) in [5.74, 6) is -1.25. The Morgan fingerprint density at radius 3 is 2.24 bits per heavy atom. The monoisotopic (exact) mass is 244 g/mol. The number of carbonyl (C=O) groups is 2. The number of carboxylic acid groups (broad SMARTS) is 1. The largest absolute Gasteiger partial charge is 0.481 e. The van der Waals surface area contributed by atoms with Gasteiger partial charge in [-0.1, -0.05) is 20.8 Å². The fourth-order valence-corrected chi connectivity index (χ4v) is 1.65. The van der Waals surface area contributed by atoms with Crippen molar-refractivity contribution >= 4 is 12.0 Å². The normalized spacial score (nSPS) is 12.3. The molecule has 0 saturated heterocycles. The van der Waals surface area contributed by atoms with Crippen molar-refractivity contribution in [1.82, 2.24) is 10.2 Å². The average molecular weight is 244 g/mol. The van der Waals surface area contributed by atoms with Gasteiger partial charge in [0.1, 0.15) is 0 Å². The smallest absolute Gasteiger partial charge is 0.317 e. The van der Waals surface area contributed by atoms with Gasteiger partial charge in [0.25, 0.3) is 0 Å². The van der Waals surface area contributed by atoms with Crippen LogP contribution in [0.2, 0.25) is 0 Å². The summed E-state index contributed by atoms with van der Waals surface area (Å²) in [5.41, 5.74) is 0. The highest BCUT2D eigenvalue weighted by molar-refractivity contribution is 5.74. The van der Waals surface area contributed by atoms with E-state index in [0.717, 1.165) is 12.8 Å². The number of carboxylic acids is 1. The Kier molecular flexibility index (Phi) is 7.34. The van der Waals surface area contributed by atoms with E-state index >= 15 is 0 Å². The molecule has 0 rings (SSSR count). The lowest BCUT2D eigenvalue weighted by Gasteiger charge is -2.26. The van der Waals surface area contributed by atoms with Gasteiger partial charge in [-0.05, 0) is 19.3 Å². The number of hydrogen-bond acceptors (Lipinski definition) is 2. The molecule has 5 nitrogen and oxygen atoms in total. The maximum absolute atomic E-state index is 11.7. The summed E-state index contributed by atoms with van der Waals surface area (Å²) in [4.78, 5) is 24.0. The van der Waals surface area contributed by atoms with Crippen LogP contribution in [0.1, 0.15) is 40.0 Å². The number of carbonyl (C=O) groups excluding carboxylic acids is 1. The Hall–Kier alpha value is -1.26. The van der Waals surface area contributed by atoms with Crippen molar-refractivity contribution in [3.63, 3.8) is 0 Å². The van der Waals surface area contributed by atoms with Gasteiger partial charge in [-0.25, -0.2) is 4.79 Å². The van der Waals surface area contributed by atoms with Crippen molar-refractivity contribution in [2.75, 3.05) is 13.6 Å². The van der Waals surface area contributed by atoms with E-state index in [0.29, 0.717) is 13.0 Å². The third kappa shape index (κ3) is 5.56. The summed E-state index contributed by atoms with van der Waals surface area (Å²) in [6, 6.07) is 0.114. The summed E-state index contributed by atoms with van der Waals surface area (Å²) < 4.78 is 0. The van der Waals surface area contributed by atoms with Crippen LogP contribution in [-0.4, -0.2) is 41.6 Å². The molecule has 0 aliphatic heterocycles. The first-order valence-electron chi connectivity index (χ1n) is 6.17. The minimum atomic E-state index is -0.826. The third-order valence-electron chi connectivity index (χ3n) is 3.09. The molecule has 0 spiro atoms. The second-order valence-electron chi connectivity index (χ2n) is 4.34. The Bertz CT molecular complexity index is 252. The van der Waals surface area contributed by atoms with Crippen molar-refractivity contribution in [3.8, 4) is 0 Å². The van der Waals surface area contributed by atoms with E-state index in [-0.39, 0.29) is 12.1 Å². The zero-order chi connectivity index (χ0) is 13.4. The molecule has 0 aromatic rings. The van der Waals surface area contributed by atoms with E-state index in [4.69, 9.17) is 5.11 Å². The molecule has 17 heavy (non-hydrogen) atoms. The number of nitrogens with zero attached hydrogens (tertiary/aromatic N) is 1. The molecule has 0 aliphatic rings. The Labute approximate surface area is 103 Å². The number of urea groups is 1. The van der Waals surface area contributed by atoms with Gasteiger partial charge in [0.05, 0.1) is 5.92 Å². The molecule has 0 aliphatic carbocycles. The van der Waals surface area contributed by atoms with Crippen molar-refractivity contribution in [2.45, 2.75) is 46.1 Å². The highest BCUT2D eigenvalue weighted by Crippen LogP contribution is 2.06. The van der Waals surface area contributed by atoms with Crippen LogP contribution >= 0.6 is 0 Å². The molecule has 0 heterocycles. The first-order chi connectivity index (χ1) is 7.93. The molecule has 0 bridgehead atoms. The lowest BCUT2D eigenvalue weighted by atomic mass is 10.1. The van der Waals surface area contributed by atoms with Gasteiger partial charge in [0.2, 0.25) is 0 Å². The molecule has 0 radical (unpaired) electrons. The highest BCUT2D eigenvalue weighted by Gasteiger charge is 2.17. The van der Waals surface area contributed by atoms with Crippen molar-refractivity contribution in [1.29, 1.82) is 0 Å².